The molecule has 2 aromatic heterocycles. The third-order valence-electron chi connectivity index (χ3n) is 4.94. The number of carbonyl (C=O) groups excluding carboxylic acids is 2. The summed E-state index contributed by atoms with van der Waals surface area (Å²) < 4.78 is 4.89. The number of para-hydroxylation sites is 2. The highest BCUT2D eigenvalue weighted by atomic mass is 16.5. The molecule has 0 radical (unpaired) electrons. The molecule has 29 heavy (non-hydrogen) atoms. The van der Waals surface area contributed by atoms with Gasteiger partial charge in [0.2, 0.25) is 5.91 Å². The van der Waals surface area contributed by atoms with E-state index in [0.29, 0.717) is 6.42 Å². The van der Waals surface area contributed by atoms with E-state index in [0.717, 1.165) is 32.9 Å². The lowest BCUT2D eigenvalue weighted by molar-refractivity contribution is -0.144. The van der Waals surface area contributed by atoms with Crippen LogP contribution < -0.4 is 5.32 Å². The maximum atomic E-state index is 12.5. The van der Waals surface area contributed by atoms with Gasteiger partial charge in [0.05, 0.1) is 7.11 Å². The van der Waals surface area contributed by atoms with E-state index in [1.165, 1.54) is 13.2 Å². The third kappa shape index (κ3) is 3.91. The van der Waals surface area contributed by atoms with E-state index in [-0.39, 0.29) is 5.91 Å². The molecule has 0 saturated carbocycles. The Morgan fingerprint density at radius 1 is 1.00 bits per heavy atom. The van der Waals surface area contributed by atoms with Crippen LogP contribution in [0.25, 0.3) is 27.9 Å². The van der Waals surface area contributed by atoms with Crippen molar-refractivity contribution in [1.82, 2.24) is 15.3 Å². The summed E-state index contributed by atoms with van der Waals surface area (Å²) in [5.74, 6) is -0.838. The molecule has 2 aromatic carbocycles. The molecule has 146 valence electrons. The highest BCUT2D eigenvalue weighted by Crippen LogP contribution is 2.20. The van der Waals surface area contributed by atoms with Gasteiger partial charge in [0.1, 0.15) is 6.04 Å². The van der Waals surface area contributed by atoms with Gasteiger partial charge >= 0.3 is 5.97 Å². The first-order chi connectivity index (χ1) is 14.2. The molecule has 0 fully saturated rings. The fourth-order valence-electron chi connectivity index (χ4n) is 3.47. The van der Waals surface area contributed by atoms with E-state index in [4.69, 9.17) is 4.74 Å². The maximum absolute atomic E-state index is 12.5. The van der Waals surface area contributed by atoms with Crippen LogP contribution >= 0.6 is 0 Å². The van der Waals surface area contributed by atoms with Gasteiger partial charge in [-0.3, -0.25) is 4.79 Å². The number of ether oxygens (including phenoxy) is 1. The average molecular weight is 387 g/mol. The minimum Gasteiger partial charge on any atom is -0.467 e. The van der Waals surface area contributed by atoms with Crippen molar-refractivity contribution in [2.75, 3.05) is 7.11 Å². The van der Waals surface area contributed by atoms with Crippen LogP contribution in [-0.4, -0.2) is 35.0 Å². The summed E-state index contributed by atoms with van der Waals surface area (Å²) in [7, 11) is 1.32. The van der Waals surface area contributed by atoms with Crippen molar-refractivity contribution in [2.45, 2.75) is 12.5 Å². The highest BCUT2D eigenvalue weighted by molar-refractivity contribution is 5.98. The smallest absolute Gasteiger partial charge is 0.328 e. The molecule has 2 heterocycles. The Bertz CT molecular complexity index is 1200. The molecule has 1 unspecified atom stereocenters. The second-order valence-corrected chi connectivity index (χ2v) is 6.77. The molecule has 0 aliphatic carbocycles. The third-order valence-corrected chi connectivity index (χ3v) is 4.94. The van der Waals surface area contributed by atoms with Crippen molar-refractivity contribution in [3.63, 3.8) is 0 Å². The van der Waals surface area contributed by atoms with Crippen molar-refractivity contribution in [2.24, 2.45) is 0 Å². The standard InChI is InChI=1S/C23H21N3O3/c1-29-23(28)21(12-16-14-25-20-9-5-3-7-18(16)20)26-22(27)11-10-15-13-24-19-8-4-2-6-17(15)19/h2-11,13-14,21,24-25H,12H2,1H3,(H,26,27)/b11-10+. The quantitative estimate of drug-likeness (QED) is 0.349. The van der Waals surface area contributed by atoms with Gasteiger partial charge in [0.15, 0.2) is 0 Å². The number of esters is 1. The summed E-state index contributed by atoms with van der Waals surface area (Å²) in [6, 6.07) is 14.9. The largest absolute Gasteiger partial charge is 0.467 e. The van der Waals surface area contributed by atoms with Crippen molar-refractivity contribution in [3.05, 3.63) is 78.1 Å². The number of rotatable bonds is 6. The number of benzene rings is 2. The molecule has 0 bridgehead atoms. The first-order valence-corrected chi connectivity index (χ1v) is 9.33. The van der Waals surface area contributed by atoms with Gasteiger partial charge in [-0.05, 0) is 29.3 Å². The van der Waals surface area contributed by atoms with Crippen LogP contribution in [0.15, 0.2) is 67.0 Å². The van der Waals surface area contributed by atoms with E-state index in [1.54, 1.807) is 6.08 Å². The number of nitrogens with one attached hydrogen (secondary N) is 3. The molecular formula is C23H21N3O3. The minimum absolute atomic E-state index is 0.337. The van der Waals surface area contributed by atoms with Crippen LogP contribution in [0.1, 0.15) is 11.1 Å². The van der Waals surface area contributed by atoms with Gasteiger partial charge in [-0.1, -0.05) is 36.4 Å². The first kappa shape index (κ1) is 18.6. The number of amides is 1. The van der Waals surface area contributed by atoms with Gasteiger partial charge in [-0.15, -0.1) is 0 Å². The number of hydrogen-bond donors (Lipinski definition) is 3. The molecule has 3 N–H and O–H groups in total. The zero-order valence-electron chi connectivity index (χ0n) is 15.9. The Balaban J connectivity index is 1.50. The fourth-order valence-corrected chi connectivity index (χ4v) is 3.47. The lowest BCUT2D eigenvalue weighted by atomic mass is 10.0. The second-order valence-electron chi connectivity index (χ2n) is 6.77. The van der Waals surface area contributed by atoms with Crippen LogP contribution in [0.3, 0.4) is 0 Å². The number of fused-ring (bicyclic) bond motifs is 2. The Morgan fingerprint density at radius 3 is 2.41 bits per heavy atom. The van der Waals surface area contributed by atoms with Gasteiger partial charge in [-0.25, -0.2) is 4.79 Å². The van der Waals surface area contributed by atoms with Crippen molar-refractivity contribution in [3.8, 4) is 0 Å². The Kier molecular flexibility index (Phi) is 5.16. The van der Waals surface area contributed by atoms with E-state index in [9.17, 15) is 9.59 Å². The predicted molar refractivity (Wildman–Crippen MR) is 113 cm³/mol. The molecule has 6 nitrogen and oxygen atoms in total. The molecule has 0 aliphatic rings. The molecule has 4 aromatic rings. The maximum Gasteiger partial charge on any atom is 0.328 e. The van der Waals surface area contributed by atoms with Crippen molar-refractivity contribution < 1.29 is 14.3 Å². The number of methoxy groups -OCH3 is 1. The Hall–Kier alpha value is -3.80. The molecule has 0 spiro atoms. The molecule has 1 amide bonds. The SMILES string of the molecule is COC(=O)C(Cc1c[nH]c2ccccc12)NC(=O)/C=C/c1c[nH]c2ccccc12. The second kappa shape index (κ2) is 8.06. The van der Waals surface area contributed by atoms with Crippen LogP contribution in [0.4, 0.5) is 0 Å². The lowest BCUT2D eigenvalue weighted by Gasteiger charge is -2.15. The summed E-state index contributed by atoms with van der Waals surface area (Å²) in [6.07, 6.45) is 7.20. The summed E-state index contributed by atoms with van der Waals surface area (Å²) in [4.78, 5) is 31.1. The molecular weight excluding hydrogens is 366 g/mol. The lowest BCUT2D eigenvalue weighted by Crippen LogP contribution is -2.42. The fraction of sp³-hybridized carbons (Fsp3) is 0.130. The zero-order chi connectivity index (χ0) is 20.2. The zero-order valence-corrected chi connectivity index (χ0v) is 15.9. The summed E-state index contributed by atoms with van der Waals surface area (Å²) >= 11 is 0. The van der Waals surface area contributed by atoms with E-state index in [1.807, 2.05) is 60.9 Å². The molecule has 1 atom stereocenters. The van der Waals surface area contributed by atoms with Crippen LogP contribution in [0, 0.1) is 0 Å². The molecule has 0 saturated heterocycles. The topological polar surface area (TPSA) is 87.0 Å². The number of aromatic nitrogens is 2. The first-order valence-electron chi connectivity index (χ1n) is 9.33. The Morgan fingerprint density at radius 2 is 1.66 bits per heavy atom. The van der Waals surface area contributed by atoms with Gasteiger partial charge < -0.3 is 20.0 Å². The normalized spacial score (nSPS) is 12.4. The van der Waals surface area contributed by atoms with E-state index < -0.39 is 12.0 Å². The highest BCUT2D eigenvalue weighted by Gasteiger charge is 2.22. The molecule has 6 heteroatoms. The van der Waals surface area contributed by atoms with E-state index >= 15 is 0 Å². The summed E-state index contributed by atoms with van der Waals surface area (Å²) in [5.41, 5.74) is 3.83. The van der Waals surface area contributed by atoms with Crippen LogP contribution in [-0.2, 0) is 20.7 Å². The van der Waals surface area contributed by atoms with E-state index in [2.05, 4.69) is 15.3 Å². The number of H-pyrrole nitrogens is 2. The molecule has 4 rings (SSSR count). The minimum atomic E-state index is -0.778. The number of carbonyl (C=O) groups is 2. The van der Waals surface area contributed by atoms with Gasteiger partial charge in [0.25, 0.3) is 0 Å². The van der Waals surface area contributed by atoms with Crippen LogP contribution in [0.5, 0.6) is 0 Å². The van der Waals surface area contributed by atoms with Crippen molar-refractivity contribution >= 4 is 39.8 Å². The van der Waals surface area contributed by atoms with Crippen LogP contribution in [0.2, 0.25) is 0 Å². The average Bonchev–Trinajstić information content (AvgIpc) is 3.35. The van der Waals surface area contributed by atoms with Gasteiger partial charge in [-0.2, -0.15) is 0 Å². The van der Waals surface area contributed by atoms with Gasteiger partial charge in [0, 0.05) is 46.7 Å². The summed E-state index contributed by atoms with van der Waals surface area (Å²) in [5, 5.41) is 4.80. The predicted octanol–water partition coefficient (Wildman–Crippen LogP) is 3.56. The number of aromatic amines is 2. The monoisotopic (exact) mass is 387 g/mol. The summed E-state index contributed by atoms with van der Waals surface area (Å²) in [6.45, 7) is 0. The molecule has 0 aliphatic heterocycles. The Labute approximate surface area is 167 Å². The van der Waals surface area contributed by atoms with Crippen molar-refractivity contribution in [1.29, 1.82) is 0 Å². The number of hydrogen-bond acceptors (Lipinski definition) is 3.